The number of amides is 2. The molecule has 0 spiro atoms. The van der Waals surface area contributed by atoms with E-state index in [9.17, 15) is 14.0 Å². The number of benzene rings is 2. The number of primary amides is 1. The molecule has 34 heavy (non-hydrogen) atoms. The van der Waals surface area contributed by atoms with E-state index >= 15 is 0 Å². The minimum Gasteiger partial charge on any atom is -0.496 e. The highest BCUT2D eigenvalue weighted by molar-refractivity contribution is 6.24. The molecular weight excluding hydrogens is 441 g/mol. The molecule has 1 saturated heterocycles. The van der Waals surface area contributed by atoms with Crippen LogP contribution in [0.25, 0.3) is 5.70 Å². The van der Waals surface area contributed by atoms with Crippen LogP contribution in [0, 0.1) is 5.82 Å². The number of methoxy groups -OCH3 is 1. The summed E-state index contributed by atoms with van der Waals surface area (Å²) < 4.78 is 24.0. The Labute approximate surface area is 196 Å². The van der Waals surface area contributed by atoms with Crippen LogP contribution in [0.1, 0.15) is 34.3 Å². The molecule has 7 N–H and O–H groups in total. The second-order valence-corrected chi connectivity index (χ2v) is 7.74. The summed E-state index contributed by atoms with van der Waals surface area (Å²) in [5.41, 5.74) is 19.3. The summed E-state index contributed by atoms with van der Waals surface area (Å²) in [6.45, 7) is 1.34. The Bertz CT molecular complexity index is 1110. The van der Waals surface area contributed by atoms with Gasteiger partial charge in [0.1, 0.15) is 23.0 Å². The van der Waals surface area contributed by atoms with Crippen LogP contribution in [0.3, 0.4) is 0 Å². The highest BCUT2D eigenvalue weighted by Gasteiger charge is 2.20. The minimum atomic E-state index is -0.772. The van der Waals surface area contributed by atoms with Crippen molar-refractivity contribution in [2.45, 2.75) is 25.4 Å². The maximum Gasteiger partial charge on any atom is 0.255 e. The summed E-state index contributed by atoms with van der Waals surface area (Å²) in [5, 5.41) is 2.72. The Morgan fingerprint density at radius 1 is 1.12 bits per heavy atom. The van der Waals surface area contributed by atoms with Crippen molar-refractivity contribution in [3.8, 4) is 5.75 Å². The second kappa shape index (κ2) is 11.3. The van der Waals surface area contributed by atoms with Gasteiger partial charge < -0.3 is 32.0 Å². The van der Waals surface area contributed by atoms with Gasteiger partial charge in [0.25, 0.3) is 11.8 Å². The van der Waals surface area contributed by atoms with Crippen molar-refractivity contribution in [1.82, 2.24) is 5.32 Å². The van der Waals surface area contributed by atoms with Gasteiger partial charge >= 0.3 is 0 Å². The van der Waals surface area contributed by atoms with Gasteiger partial charge in [-0.05, 0) is 42.2 Å². The van der Waals surface area contributed by atoms with Gasteiger partial charge in [-0.3, -0.25) is 14.6 Å². The van der Waals surface area contributed by atoms with Crippen LogP contribution in [-0.2, 0) is 16.1 Å². The van der Waals surface area contributed by atoms with Crippen molar-refractivity contribution in [3.63, 3.8) is 0 Å². The van der Waals surface area contributed by atoms with E-state index in [-0.39, 0.29) is 41.0 Å². The lowest BCUT2D eigenvalue weighted by atomic mass is 10.0. The predicted octanol–water partition coefficient (Wildman–Crippen LogP) is 1.46. The van der Waals surface area contributed by atoms with Crippen molar-refractivity contribution in [1.29, 1.82) is 0 Å². The van der Waals surface area contributed by atoms with E-state index in [0.717, 1.165) is 11.6 Å². The van der Waals surface area contributed by atoms with Gasteiger partial charge in [-0.25, -0.2) is 4.39 Å². The van der Waals surface area contributed by atoms with Crippen molar-refractivity contribution >= 4 is 23.3 Å². The van der Waals surface area contributed by atoms with Gasteiger partial charge in [-0.2, -0.15) is 0 Å². The number of amidine groups is 1. The molecule has 1 heterocycles. The zero-order valence-electron chi connectivity index (χ0n) is 18.8. The fourth-order valence-electron chi connectivity index (χ4n) is 3.55. The summed E-state index contributed by atoms with van der Waals surface area (Å²) in [6.07, 6.45) is 1.41. The molecule has 1 fully saturated rings. The lowest BCUT2D eigenvalue weighted by molar-refractivity contribution is -0.114. The van der Waals surface area contributed by atoms with Crippen LogP contribution in [-0.4, -0.2) is 44.0 Å². The fraction of sp³-hybridized carbons (Fsp3) is 0.292. The van der Waals surface area contributed by atoms with Gasteiger partial charge in [0, 0.05) is 19.8 Å². The third-order valence-electron chi connectivity index (χ3n) is 5.41. The number of nitrogens with one attached hydrogen (secondary N) is 1. The number of nitrogens with two attached hydrogens (primary N) is 3. The van der Waals surface area contributed by atoms with E-state index in [4.69, 9.17) is 26.7 Å². The first-order valence-corrected chi connectivity index (χ1v) is 10.7. The number of nitrogens with zero attached hydrogens (tertiary/aromatic N) is 1. The van der Waals surface area contributed by atoms with Crippen molar-refractivity contribution in [3.05, 3.63) is 70.5 Å². The maximum atomic E-state index is 13.5. The van der Waals surface area contributed by atoms with E-state index in [0.29, 0.717) is 31.6 Å². The molecule has 0 aliphatic carbocycles. The topological polar surface area (TPSA) is 155 Å². The molecule has 0 bridgehead atoms. The maximum absolute atomic E-state index is 13.5. The fourth-order valence-corrected chi connectivity index (χ4v) is 3.55. The third-order valence-corrected chi connectivity index (χ3v) is 5.41. The van der Waals surface area contributed by atoms with E-state index in [2.05, 4.69) is 10.3 Å². The first-order valence-electron chi connectivity index (χ1n) is 10.7. The van der Waals surface area contributed by atoms with Crippen LogP contribution < -0.4 is 27.3 Å². The number of aliphatic imine (C=N–C) groups is 1. The van der Waals surface area contributed by atoms with Gasteiger partial charge in [-0.1, -0.05) is 24.3 Å². The summed E-state index contributed by atoms with van der Waals surface area (Å²) in [4.78, 5) is 28.9. The average molecular weight is 470 g/mol. The molecule has 3 rings (SSSR count). The highest BCUT2D eigenvalue weighted by Crippen LogP contribution is 2.20. The number of carbonyl (C=O) groups is 2. The van der Waals surface area contributed by atoms with Gasteiger partial charge in [-0.15, -0.1) is 0 Å². The molecule has 0 unspecified atom stereocenters. The Balaban J connectivity index is 1.73. The van der Waals surface area contributed by atoms with Crippen LogP contribution in [0.2, 0.25) is 0 Å². The van der Waals surface area contributed by atoms with Crippen molar-refractivity contribution < 1.29 is 23.5 Å². The lowest BCUT2D eigenvalue weighted by Crippen LogP contribution is -2.31. The van der Waals surface area contributed by atoms with Crippen LogP contribution in [0.15, 0.2) is 53.0 Å². The largest absolute Gasteiger partial charge is 0.496 e. The molecule has 0 saturated carbocycles. The number of halogens is 1. The Morgan fingerprint density at radius 3 is 2.41 bits per heavy atom. The molecule has 2 amide bonds. The molecule has 0 atom stereocenters. The predicted molar refractivity (Wildman–Crippen MR) is 126 cm³/mol. The summed E-state index contributed by atoms with van der Waals surface area (Å²) >= 11 is 0. The number of hydrogen-bond acceptors (Lipinski definition) is 6. The molecule has 1 aliphatic rings. The number of rotatable bonds is 8. The van der Waals surface area contributed by atoms with Crippen molar-refractivity contribution in [2.75, 3.05) is 20.3 Å². The van der Waals surface area contributed by atoms with Gasteiger partial charge in [0.15, 0.2) is 0 Å². The molecule has 1 aliphatic heterocycles. The van der Waals surface area contributed by atoms with E-state index in [1.54, 1.807) is 24.3 Å². The van der Waals surface area contributed by atoms with Crippen LogP contribution in [0.5, 0.6) is 5.75 Å². The molecular formula is C24H28FN5O4. The SMILES string of the molecule is COc1ccc(F)cc1C(=O)NCc1ccc(C(N)=C(C(N)=O)C(N)=NC2CCOCC2)cc1. The van der Waals surface area contributed by atoms with Gasteiger partial charge in [0.2, 0.25) is 0 Å². The monoisotopic (exact) mass is 469 g/mol. The zero-order chi connectivity index (χ0) is 24.7. The molecule has 0 radical (unpaired) electrons. The standard InChI is InChI=1S/C24H28FN5O4/c1-33-19-7-6-16(25)12-18(19)24(32)29-13-14-2-4-15(5-3-14)21(26)20(23(28)31)22(27)30-17-8-10-34-11-9-17/h2-7,12,17H,8-11,13,26H2,1H3,(H2,27,30)(H2,28,31)(H,29,32). The Morgan fingerprint density at radius 2 is 1.79 bits per heavy atom. The first kappa shape index (κ1) is 24.7. The molecule has 2 aromatic rings. The lowest BCUT2D eigenvalue weighted by Gasteiger charge is -2.19. The van der Waals surface area contributed by atoms with Crippen LogP contribution in [0.4, 0.5) is 4.39 Å². The average Bonchev–Trinajstić information content (AvgIpc) is 2.83. The summed E-state index contributed by atoms with van der Waals surface area (Å²) in [7, 11) is 1.40. The van der Waals surface area contributed by atoms with E-state index in [1.165, 1.54) is 19.2 Å². The van der Waals surface area contributed by atoms with E-state index < -0.39 is 17.6 Å². The molecule has 2 aromatic carbocycles. The molecule has 180 valence electrons. The van der Waals surface area contributed by atoms with E-state index in [1.807, 2.05) is 0 Å². The molecule has 10 heteroatoms. The smallest absolute Gasteiger partial charge is 0.255 e. The minimum absolute atomic E-state index is 0.00252. The second-order valence-electron chi connectivity index (χ2n) is 7.74. The van der Waals surface area contributed by atoms with Gasteiger partial charge in [0.05, 0.1) is 24.4 Å². The van der Waals surface area contributed by atoms with Crippen LogP contribution >= 0.6 is 0 Å². The number of ether oxygens (including phenoxy) is 2. The highest BCUT2D eigenvalue weighted by atomic mass is 19.1. The molecule has 0 aromatic heterocycles. The third kappa shape index (κ3) is 6.10. The normalized spacial score (nSPS) is 15.4. The summed E-state index contributed by atoms with van der Waals surface area (Å²) in [6, 6.07) is 10.5. The number of hydrogen-bond donors (Lipinski definition) is 4. The first-order chi connectivity index (χ1) is 16.3. The Hall–Kier alpha value is -3.92. The number of carbonyl (C=O) groups excluding carboxylic acids is 2. The van der Waals surface area contributed by atoms with Crippen molar-refractivity contribution in [2.24, 2.45) is 22.2 Å². The Kier molecular flexibility index (Phi) is 8.20. The quantitative estimate of drug-likeness (QED) is 0.261. The molecule has 9 nitrogen and oxygen atoms in total. The summed E-state index contributed by atoms with van der Waals surface area (Å²) in [5.74, 6) is -1.52. The zero-order valence-corrected chi connectivity index (χ0v) is 18.8.